The highest BCUT2D eigenvalue weighted by Crippen LogP contribution is 2.23. The van der Waals surface area contributed by atoms with Crippen LogP contribution in [0.1, 0.15) is 19.4 Å². The van der Waals surface area contributed by atoms with Crippen molar-refractivity contribution in [2.24, 2.45) is 0 Å². The molecule has 0 aromatic heterocycles. The van der Waals surface area contributed by atoms with Crippen molar-refractivity contribution in [3.63, 3.8) is 0 Å². The third-order valence-corrected chi connectivity index (χ3v) is 5.36. The van der Waals surface area contributed by atoms with Crippen LogP contribution in [0.25, 0.3) is 0 Å². The minimum absolute atomic E-state index is 0.286. The molecule has 0 fully saturated rings. The van der Waals surface area contributed by atoms with Gasteiger partial charge in [-0.2, -0.15) is 0 Å². The Bertz CT molecular complexity index is 868. The van der Waals surface area contributed by atoms with Crippen molar-refractivity contribution < 1.29 is 17.9 Å². The van der Waals surface area contributed by atoms with E-state index in [1.807, 2.05) is 31.2 Å². The fourth-order valence-corrected chi connectivity index (χ4v) is 3.90. The third-order valence-electron chi connectivity index (χ3n) is 3.87. The molecule has 2 rings (SSSR count). The van der Waals surface area contributed by atoms with Gasteiger partial charge in [0.05, 0.1) is 18.6 Å². The monoisotopic (exact) mass is 410 g/mol. The van der Waals surface area contributed by atoms with E-state index in [9.17, 15) is 13.2 Å². The highest BCUT2D eigenvalue weighted by atomic mass is 35.5. The van der Waals surface area contributed by atoms with Crippen molar-refractivity contribution in [1.29, 1.82) is 0 Å². The molecule has 146 valence electrons. The molecule has 27 heavy (non-hydrogen) atoms. The number of nitrogens with zero attached hydrogens (tertiary/aromatic N) is 1. The van der Waals surface area contributed by atoms with Crippen LogP contribution in [-0.4, -0.2) is 33.2 Å². The second-order valence-corrected chi connectivity index (χ2v) is 8.30. The zero-order chi connectivity index (χ0) is 20.0. The fourth-order valence-electron chi connectivity index (χ4n) is 2.60. The first kappa shape index (κ1) is 21.1. The van der Waals surface area contributed by atoms with E-state index in [4.69, 9.17) is 16.3 Å². The average molecular weight is 411 g/mol. The quantitative estimate of drug-likeness (QED) is 0.725. The predicted molar refractivity (Wildman–Crippen MR) is 108 cm³/mol. The Morgan fingerprint density at radius 1 is 1.15 bits per heavy atom. The number of sulfonamides is 1. The summed E-state index contributed by atoms with van der Waals surface area (Å²) in [5.74, 6) is 0.358. The van der Waals surface area contributed by atoms with Gasteiger partial charge >= 0.3 is 0 Å². The molecular weight excluding hydrogens is 388 g/mol. The molecule has 0 saturated carbocycles. The Balaban J connectivity index is 2.09. The standard InChI is InChI=1S/C19H23ClN2O4S/c1-4-26-18-11-5-15(6-12-18)13-21-19(23)14(2)22(27(3,24)25)17-9-7-16(20)8-10-17/h5-12,14H,4,13H2,1-3H3,(H,21,23)/t14-/m0/s1. The number of carbonyl (C=O) groups is 1. The van der Waals surface area contributed by atoms with Crippen LogP contribution >= 0.6 is 11.6 Å². The van der Waals surface area contributed by atoms with Gasteiger partial charge in [0, 0.05) is 11.6 Å². The summed E-state index contributed by atoms with van der Waals surface area (Å²) in [5.41, 5.74) is 1.27. The normalized spacial score (nSPS) is 12.3. The van der Waals surface area contributed by atoms with Crippen molar-refractivity contribution >= 4 is 33.2 Å². The molecular formula is C19H23ClN2O4S. The molecule has 0 radical (unpaired) electrons. The first-order chi connectivity index (χ1) is 12.7. The Kier molecular flexibility index (Phi) is 7.10. The summed E-state index contributed by atoms with van der Waals surface area (Å²) >= 11 is 5.86. The summed E-state index contributed by atoms with van der Waals surface area (Å²) in [6.07, 6.45) is 1.07. The molecule has 0 saturated heterocycles. The molecule has 2 aromatic carbocycles. The summed E-state index contributed by atoms with van der Waals surface area (Å²) in [4.78, 5) is 12.5. The molecule has 0 aliphatic carbocycles. The average Bonchev–Trinajstić information content (AvgIpc) is 2.61. The van der Waals surface area contributed by atoms with E-state index in [0.29, 0.717) is 17.3 Å². The molecule has 6 nitrogen and oxygen atoms in total. The van der Waals surface area contributed by atoms with E-state index in [0.717, 1.165) is 21.9 Å². The van der Waals surface area contributed by atoms with Gasteiger partial charge < -0.3 is 10.1 Å². The van der Waals surface area contributed by atoms with E-state index < -0.39 is 22.0 Å². The van der Waals surface area contributed by atoms with E-state index in [1.54, 1.807) is 31.2 Å². The maximum atomic E-state index is 12.5. The van der Waals surface area contributed by atoms with Crippen molar-refractivity contribution in [2.75, 3.05) is 17.2 Å². The number of amides is 1. The first-order valence-corrected chi connectivity index (χ1v) is 10.7. The molecule has 0 bridgehead atoms. The van der Waals surface area contributed by atoms with E-state index in [2.05, 4.69) is 5.32 Å². The van der Waals surface area contributed by atoms with E-state index >= 15 is 0 Å². The third kappa shape index (κ3) is 5.87. The van der Waals surface area contributed by atoms with Crippen LogP contribution in [-0.2, 0) is 21.4 Å². The minimum Gasteiger partial charge on any atom is -0.494 e. The summed E-state index contributed by atoms with van der Waals surface area (Å²) in [7, 11) is -3.66. The molecule has 2 aromatic rings. The number of halogens is 1. The fraction of sp³-hybridized carbons (Fsp3) is 0.316. The number of benzene rings is 2. The van der Waals surface area contributed by atoms with Gasteiger partial charge in [0.25, 0.3) is 0 Å². The molecule has 0 unspecified atom stereocenters. The van der Waals surface area contributed by atoms with Gasteiger partial charge in [-0.05, 0) is 55.8 Å². The second kappa shape index (κ2) is 9.10. The van der Waals surface area contributed by atoms with Crippen molar-refractivity contribution in [2.45, 2.75) is 26.4 Å². The largest absolute Gasteiger partial charge is 0.494 e. The second-order valence-electron chi connectivity index (χ2n) is 6.01. The van der Waals surface area contributed by atoms with Crippen molar-refractivity contribution in [3.05, 3.63) is 59.1 Å². The number of anilines is 1. The molecule has 0 aliphatic heterocycles. The molecule has 0 spiro atoms. The topological polar surface area (TPSA) is 75.7 Å². The van der Waals surface area contributed by atoms with Gasteiger partial charge in [0.2, 0.25) is 15.9 Å². The first-order valence-electron chi connectivity index (χ1n) is 8.46. The molecule has 1 amide bonds. The smallest absolute Gasteiger partial charge is 0.243 e. The van der Waals surface area contributed by atoms with Crippen LogP contribution in [0.5, 0.6) is 5.75 Å². The summed E-state index contributed by atoms with van der Waals surface area (Å²) in [5, 5.41) is 3.26. The van der Waals surface area contributed by atoms with Crippen molar-refractivity contribution in [3.8, 4) is 5.75 Å². The zero-order valence-electron chi connectivity index (χ0n) is 15.5. The molecule has 8 heteroatoms. The molecule has 0 heterocycles. The van der Waals surface area contributed by atoms with Crippen LogP contribution in [0.15, 0.2) is 48.5 Å². The molecule has 1 atom stereocenters. The van der Waals surface area contributed by atoms with Crippen LogP contribution < -0.4 is 14.4 Å². The van der Waals surface area contributed by atoms with Gasteiger partial charge in [-0.1, -0.05) is 23.7 Å². The summed E-state index contributed by atoms with van der Waals surface area (Å²) < 4.78 is 30.9. The van der Waals surface area contributed by atoms with E-state index in [1.165, 1.54) is 0 Å². The Labute approximate surface area is 165 Å². The number of hydrogen-bond acceptors (Lipinski definition) is 4. The maximum Gasteiger partial charge on any atom is 0.243 e. The van der Waals surface area contributed by atoms with Gasteiger partial charge in [-0.15, -0.1) is 0 Å². The predicted octanol–water partition coefficient (Wildman–Crippen LogP) is 3.21. The Morgan fingerprint density at radius 2 is 1.74 bits per heavy atom. The Hall–Kier alpha value is -2.25. The lowest BCUT2D eigenvalue weighted by Gasteiger charge is -2.28. The number of nitrogens with one attached hydrogen (secondary N) is 1. The highest BCUT2D eigenvalue weighted by molar-refractivity contribution is 7.92. The highest BCUT2D eigenvalue weighted by Gasteiger charge is 2.28. The van der Waals surface area contributed by atoms with Crippen LogP contribution in [0, 0.1) is 0 Å². The number of ether oxygens (including phenoxy) is 1. The zero-order valence-corrected chi connectivity index (χ0v) is 17.0. The summed E-state index contributed by atoms with van der Waals surface area (Å²) in [6, 6.07) is 12.7. The lowest BCUT2D eigenvalue weighted by molar-refractivity contribution is -0.122. The van der Waals surface area contributed by atoms with Gasteiger partial charge in [0.15, 0.2) is 0 Å². The SMILES string of the molecule is CCOc1ccc(CNC(=O)[C@H](C)N(c2ccc(Cl)cc2)S(C)(=O)=O)cc1. The van der Waals surface area contributed by atoms with Gasteiger partial charge in [-0.25, -0.2) is 8.42 Å². The number of carbonyl (C=O) groups excluding carboxylic acids is 1. The lowest BCUT2D eigenvalue weighted by Crippen LogP contribution is -2.47. The van der Waals surface area contributed by atoms with E-state index in [-0.39, 0.29) is 6.54 Å². The van der Waals surface area contributed by atoms with Crippen LogP contribution in [0.4, 0.5) is 5.69 Å². The molecule has 0 aliphatic rings. The van der Waals surface area contributed by atoms with Gasteiger partial charge in [0.1, 0.15) is 11.8 Å². The van der Waals surface area contributed by atoms with Crippen LogP contribution in [0.3, 0.4) is 0 Å². The Morgan fingerprint density at radius 3 is 2.26 bits per heavy atom. The number of hydrogen-bond donors (Lipinski definition) is 1. The number of rotatable bonds is 8. The van der Waals surface area contributed by atoms with Gasteiger partial charge in [-0.3, -0.25) is 9.10 Å². The van der Waals surface area contributed by atoms with Crippen molar-refractivity contribution in [1.82, 2.24) is 5.32 Å². The lowest BCUT2D eigenvalue weighted by atomic mass is 10.2. The molecule has 1 N–H and O–H groups in total. The minimum atomic E-state index is -3.66. The summed E-state index contributed by atoms with van der Waals surface area (Å²) in [6.45, 7) is 4.32. The van der Waals surface area contributed by atoms with Crippen LogP contribution in [0.2, 0.25) is 5.02 Å². The maximum absolute atomic E-state index is 12.5.